The Morgan fingerprint density at radius 2 is 0.782 bits per heavy atom. The first-order valence-corrected chi connectivity index (χ1v) is 28.2. The molecule has 446 valence electrons. The number of carbonyl (C=O) groups excluding carboxylic acids is 8. The van der Waals surface area contributed by atoms with Crippen LogP contribution in [0, 0.1) is 11.8 Å². The quantitative estimate of drug-likeness (QED) is 0.0346. The predicted octanol–water partition coefficient (Wildman–Crippen LogP) is 5.36. The third-order valence-corrected chi connectivity index (χ3v) is 13.2. The van der Waals surface area contributed by atoms with E-state index in [1.54, 1.807) is 13.8 Å². The van der Waals surface area contributed by atoms with Crippen LogP contribution in [0.4, 0.5) is 0 Å². The monoisotopic (exact) mass is 1110 g/mol. The minimum absolute atomic E-state index is 0.00607. The molecule has 9 N–H and O–H groups in total. The summed E-state index contributed by atoms with van der Waals surface area (Å²) >= 11 is 0. The maximum absolute atomic E-state index is 12.6. The predicted molar refractivity (Wildman–Crippen MR) is 287 cm³/mol. The summed E-state index contributed by atoms with van der Waals surface area (Å²) in [5.41, 5.74) is 0. The minimum atomic E-state index is -1.44. The topological polar surface area (TPSA) is 364 Å². The van der Waals surface area contributed by atoms with Crippen LogP contribution in [0.5, 0.6) is 0 Å². The molecule has 0 aromatic heterocycles. The Hall–Kier alpha value is -5.84. The van der Waals surface area contributed by atoms with Crippen molar-refractivity contribution < 1.29 is 87.4 Å². The van der Waals surface area contributed by atoms with Gasteiger partial charge >= 0.3 is 23.9 Å². The SMILES string of the molecule is CC[C@@H](CCCCNC(=O)CC[C@H](NC(=O)CC[C@H](CC(=O)COCCOCCNC(=O)CC[C@H](NC(=O)CC[C@H](NC(=O)CCCCCCCCCCCCCCCCC(C)=O)C(=O)O)C(=O)O)C(=O)O)C(=O)O)C(C)=O. The fraction of sp³-hybridized carbons (Fsp3) is 0.782. The van der Waals surface area contributed by atoms with Gasteiger partial charge in [0.25, 0.3) is 0 Å². The van der Waals surface area contributed by atoms with E-state index in [4.69, 9.17) is 9.47 Å². The number of carbonyl (C=O) groups is 12. The number of ether oxygens (including phenoxy) is 2. The highest BCUT2D eigenvalue weighted by Crippen LogP contribution is 2.16. The lowest BCUT2D eigenvalue weighted by Crippen LogP contribution is -2.44. The molecule has 23 nitrogen and oxygen atoms in total. The van der Waals surface area contributed by atoms with Crippen LogP contribution in [0.15, 0.2) is 0 Å². The zero-order valence-electron chi connectivity index (χ0n) is 46.6. The maximum Gasteiger partial charge on any atom is 0.326 e. The van der Waals surface area contributed by atoms with E-state index in [-0.39, 0.29) is 95.2 Å². The van der Waals surface area contributed by atoms with Gasteiger partial charge in [0.1, 0.15) is 36.3 Å². The zero-order valence-corrected chi connectivity index (χ0v) is 46.6. The highest BCUT2D eigenvalue weighted by molar-refractivity contribution is 5.88. The molecule has 0 aliphatic carbocycles. The number of aliphatic carboxylic acids is 4. The van der Waals surface area contributed by atoms with Crippen molar-refractivity contribution in [1.82, 2.24) is 26.6 Å². The van der Waals surface area contributed by atoms with E-state index >= 15 is 0 Å². The molecule has 5 amide bonds. The van der Waals surface area contributed by atoms with Gasteiger partial charge in [-0.2, -0.15) is 0 Å². The van der Waals surface area contributed by atoms with Crippen LogP contribution < -0.4 is 26.6 Å². The third-order valence-electron chi connectivity index (χ3n) is 13.2. The molecule has 0 fully saturated rings. The van der Waals surface area contributed by atoms with E-state index in [9.17, 15) is 78.0 Å². The second-order valence-electron chi connectivity index (χ2n) is 20.0. The van der Waals surface area contributed by atoms with Crippen molar-refractivity contribution in [3.63, 3.8) is 0 Å². The lowest BCUT2D eigenvalue weighted by Gasteiger charge is -2.17. The van der Waals surface area contributed by atoms with Crippen molar-refractivity contribution in [2.75, 3.05) is 39.5 Å². The van der Waals surface area contributed by atoms with Gasteiger partial charge in [0, 0.05) is 64.0 Å². The number of hydrogen-bond acceptors (Lipinski definition) is 14. The molecule has 0 radical (unpaired) electrons. The smallest absolute Gasteiger partial charge is 0.326 e. The molecule has 0 aromatic rings. The summed E-state index contributed by atoms with van der Waals surface area (Å²) < 4.78 is 10.6. The van der Waals surface area contributed by atoms with Gasteiger partial charge < -0.3 is 61.3 Å². The lowest BCUT2D eigenvalue weighted by molar-refractivity contribution is -0.145. The Morgan fingerprint density at radius 1 is 0.385 bits per heavy atom. The van der Waals surface area contributed by atoms with Crippen molar-refractivity contribution in [2.24, 2.45) is 11.8 Å². The number of carboxylic acids is 4. The largest absolute Gasteiger partial charge is 0.481 e. The molecule has 0 saturated heterocycles. The van der Waals surface area contributed by atoms with Crippen LogP contribution in [-0.2, 0) is 67.0 Å². The number of hydrogen-bond donors (Lipinski definition) is 9. The van der Waals surface area contributed by atoms with E-state index in [1.807, 2.05) is 6.92 Å². The summed E-state index contributed by atoms with van der Waals surface area (Å²) in [6.45, 7) is 4.99. The summed E-state index contributed by atoms with van der Waals surface area (Å²) in [5, 5.41) is 50.6. The summed E-state index contributed by atoms with van der Waals surface area (Å²) in [4.78, 5) is 144. The Labute approximate surface area is 460 Å². The first-order chi connectivity index (χ1) is 37.2. The van der Waals surface area contributed by atoms with Gasteiger partial charge in [-0.25, -0.2) is 14.4 Å². The molecule has 0 aliphatic heterocycles. The highest BCUT2D eigenvalue weighted by Gasteiger charge is 2.27. The lowest BCUT2D eigenvalue weighted by atomic mass is 9.95. The molecular formula is C55H93N5O18. The van der Waals surface area contributed by atoms with Gasteiger partial charge in [0.05, 0.1) is 25.7 Å². The molecule has 0 aliphatic rings. The fourth-order valence-electron chi connectivity index (χ4n) is 8.41. The van der Waals surface area contributed by atoms with Crippen molar-refractivity contribution in [1.29, 1.82) is 0 Å². The van der Waals surface area contributed by atoms with Gasteiger partial charge in [0.15, 0.2) is 5.78 Å². The molecule has 0 bridgehead atoms. The average Bonchev–Trinajstić information content (AvgIpc) is 3.37. The van der Waals surface area contributed by atoms with Gasteiger partial charge in [-0.15, -0.1) is 0 Å². The molecule has 23 heteroatoms. The Morgan fingerprint density at radius 3 is 1.21 bits per heavy atom. The molecule has 0 unspecified atom stereocenters. The molecule has 0 aromatic carbocycles. The number of carboxylic acid groups (broad SMARTS) is 4. The van der Waals surface area contributed by atoms with Crippen LogP contribution in [-0.4, -0.2) is 149 Å². The number of amides is 5. The van der Waals surface area contributed by atoms with E-state index in [0.717, 1.165) is 51.4 Å². The van der Waals surface area contributed by atoms with E-state index in [2.05, 4.69) is 26.6 Å². The molecule has 78 heavy (non-hydrogen) atoms. The van der Waals surface area contributed by atoms with Gasteiger partial charge in [-0.3, -0.25) is 38.4 Å². The standard InChI is InChI=1S/C55H93N5O18/c1-4-41(40(3)62)22-19-20-32-56-47(64)29-25-44(53(71)72)59-50(67)28-24-42(52(69)70)37-43(63)38-78-36-35-77-34-33-57-48(65)30-26-45(54(73)74)60-51(68)31-27-46(55(75)76)58-49(66)23-18-16-14-12-10-8-6-5-7-9-11-13-15-17-21-39(2)61/h41-42,44-46H,4-38H2,1-3H3,(H,56,64)(H,57,65)(H,58,66)(H,59,67)(H,60,68)(H,69,70)(H,71,72)(H,73,74)(H,75,76)/t41-,42+,44-,45-,46-/m0/s1. The molecular weight excluding hydrogens is 1020 g/mol. The number of ketones is 3. The van der Waals surface area contributed by atoms with Crippen LogP contribution in [0.3, 0.4) is 0 Å². The summed E-state index contributed by atoms with van der Waals surface area (Å²) in [6.07, 6.45) is 16.1. The van der Waals surface area contributed by atoms with Crippen LogP contribution >= 0.6 is 0 Å². The zero-order chi connectivity index (χ0) is 58.5. The second-order valence-corrected chi connectivity index (χ2v) is 20.0. The van der Waals surface area contributed by atoms with Crippen molar-refractivity contribution in [3.05, 3.63) is 0 Å². The first kappa shape index (κ1) is 72.2. The van der Waals surface area contributed by atoms with Crippen molar-refractivity contribution in [2.45, 2.75) is 225 Å². The molecule has 0 spiro atoms. The molecule has 0 saturated carbocycles. The maximum atomic E-state index is 12.6. The Kier molecular flexibility index (Phi) is 42.7. The van der Waals surface area contributed by atoms with E-state index < -0.39 is 103 Å². The van der Waals surface area contributed by atoms with E-state index in [0.29, 0.717) is 32.2 Å². The number of rotatable bonds is 53. The van der Waals surface area contributed by atoms with Gasteiger partial charge in [-0.05, 0) is 71.6 Å². The van der Waals surface area contributed by atoms with Crippen LogP contribution in [0.2, 0.25) is 0 Å². The normalized spacial score (nSPS) is 13.0. The number of Topliss-reactive ketones (excluding diaryl/α,β-unsaturated/α-hetero) is 3. The van der Waals surface area contributed by atoms with Crippen LogP contribution in [0.25, 0.3) is 0 Å². The Balaban J connectivity index is 4.30. The molecule has 0 heterocycles. The number of unbranched alkanes of at least 4 members (excludes halogenated alkanes) is 14. The third kappa shape index (κ3) is 41.3. The number of nitrogens with one attached hydrogen (secondary N) is 5. The summed E-state index contributed by atoms with van der Waals surface area (Å²) in [6, 6.07) is -4.18. The van der Waals surface area contributed by atoms with Crippen molar-refractivity contribution >= 4 is 70.8 Å². The van der Waals surface area contributed by atoms with Gasteiger partial charge in [-0.1, -0.05) is 90.4 Å². The van der Waals surface area contributed by atoms with Crippen molar-refractivity contribution in [3.8, 4) is 0 Å². The fourth-order valence-corrected chi connectivity index (χ4v) is 8.41. The summed E-state index contributed by atoms with van der Waals surface area (Å²) in [5.74, 6) is -9.82. The Bertz CT molecular complexity index is 1850. The van der Waals surface area contributed by atoms with Gasteiger partial charge in [0.2, 0.25) is 29.5 Å². The average molecular weight is 1110 g/mol. The summed E-state index contributed by atoms with van der Waals surface area (Å²) in [7, 11) is 0. The van der Waals surface area contributed by atoms with Crippen LogP contribution in [0.1, 0.15) is 207 Å². The minimum Gasteiger partial charge on any atom is -0.481 e. The van der Waals surface area contributed by atoms with E-state index in [1.165, 1.54) is 44.9 Å². The highest BCUT2D eigenvalue weighted by atomic mass is 16.5. The second kappa shape index (κ2) is 46.1. The first-order valence-electron chi connectivity index (χ1n) is 28.2. The molecule has 5 atom stereocenters. The molecule has 0 rings (SSSR count).